The van der Waals surface area contributed by atoms with E-state index in [0.717, 1.165) is 30.1 Å². The Balaban J connectivity index is 2.13. The second kappa shape index (κ2) is 6.11. The second-order valence-electron chi connectivity index (χ2n) is 4.34. The summed E-state index contributed by atoms with van der Waals surface area (Å²) in [5, 5.41) is 8.79. The molecule has 18 heavy (non-hydrogen) atoms. The third kappa shape index (κ3) is 2.97. The minimum atomic E-state index is 0.368. The molecule has 2 aromatic heterocycles. The molecule has 2 rings (SSSR count). The Morgan fingerprint density at radius 1 is 1.39 bits per heavy atom. The Morgan fingerprint density at radius 2 is 2.22 bits per heavy atom. The van der Waals surface area contributed by atoms with Crippen LogP contribution in [0, 0.1) is 0 Å². The van der Waals surface area contributed by atoms with Crippen LogP contribution in [0.25, 0.3) is 10.6 Å². The summed E-state index contributed by atoms with van der Waals surface area (Å²) >= 11 is 1.74. The highest BCUT2D eigenvalue weighted by Gasteiger charge is 2.11. The van der Waals surface area contributed by atoms with Gasteiger partial charge in [0.15, 0.2) is 0 Å². The second-order valence-corrected chi connectivity index (χ2v) is 5.40. The summed E-state index contributed by atoms with van der Waals surface area (Å²) < 4.78 is 1.98. The van der Waals surface area contributed by atoms with Crippen molar-refractivity contribution in [2.45, 2.75) is 39.8 Å². The maximum Gasteiger partial charge on any atom is 0.126 e. The van der Waals surface area contributed by atoms with Crippen molar-refractivity contribution >= 4 is 11.3 Å². The van der Waals surface area contributed by atoms with E-state index in [4.69, 9.17) is 0 Å². The maximum atomic E-state index is 4.49. The number of nitrogens with one attached hydrogen (secondary N) is 1. The van der Waals surface area contributed by atoms with Crippen molar-refractivity contribution in [3.63, 3.8) is 0 Å². The topological polar surface area (TPSA) is 42.7 Å². The predicted octanol–water partition coefficient (Wildman–Crippen LogP) is 3.09. The van der Waals surface area contributed by atoms with Crippen LogP contribution in [0.5, 0.6) is 0 Å². The molecule has 1 N–H and O–H groups in total. The summed E-state index contributed by atoms with van der Waals surface area (Å²) in [7, 11) is 0. The largest absolute Gasteiger partial charge is 0.310 e. The van der Waals surface area contributed by atoms with Gasteiger partial charge in [0.2, 0.25) is 0 Å². The van der Waals surface area contributed by atoms with Crippen molar-refractivity contribution in [2.75, 3.05) is 6.54 Å². The van der Waals surface area contributed by atoms with Gasteiger partial charge in [-0.05, 0) is 19.9 Å². The van der Waals surface area contributed by atoms with Crippen molar-refractivity contribution in [3.05, 3.63) is 23.5 Å². The van der Waals surface area contributed by atoms with Crippen LogP contribution < -0.4 is 5.32 Å². The fourth-order valence-corrected chi connectivity index (χ4v) is 2.77. The third-order valence-corrected chi connectivity index (χ3v) is 4.02. The average Bonchev–Trinajstić information content (AvgIpc) is 2.97. The molecule has 0 spiro atoms. The van der Waals surface area contributed by atoms with E-state index in [1.54, 1.807) is 11.3 Å². The number of nitrogens with zero attached hydrogens (tertiary/aromatic N) is 3. The molecule has 1 atom stereocenters. The minimum Gasteiger partial charge on any atom is -0.310 e. The van der Waals surface area contributed by atoms with Crippen molar-refractivity contribution in [1.82, 2.24) is 20.1 Å². The summed E-state index contributed by atoms with van der Waals surface area (Å²) in [6.45, 7) is 8.38. The van der Waals surface area contributed by atoms with Crippen LogP contribution in [-0.2, 0) is 6.54 Å². The zero-order valence-corrected chi connectivity index (χ0v) is 12.0. The number of thiazole rings is 1. The molecule has 0 amide bonds. The van der Waals surface area contributed by atoms with Gasteiger partial charge in [0.1, 0.15) is 5.01 Å². The molecule has 0 aromatic carbocycles. The molecule has 2 aromatic rings. The van der Waals surface area contributed by atoms with Gasteiger partial charge >= 0.3 is 0 Å². The number of hydrogen-bond donors (Lipinski definition) is 1. The van der Waals surface area contributed by atoms with E-state index >= 15 is 0 Å². The van der Waals surface area contributed by atoms with Crippen molar-refractivity contribution < 1.29 is 0 Å². The molecule has 0 radical (unpaired) electrons. The van der Waals surface area contributed by atoms with Crippen LogP contribution in [-0.4, -0.2) is 21.3 Å². The average molecular weight is 264 g/mol. The molecular formula is C13H20N4S. The summed E-state index contributed by atoms with van der Waals surface area (Å²) in [4.78, 5) is 5.76. The van der Waals surface area contributed by atoms with Gasteiger partial charge in [0, 0.05) is 35.4 Å². The quantitative estimate of drug-likeness (QED) is 0.872. The third-order valence-electron chi connectivity index (χ3n) is 2.79. The first kappa shape index (κ1) is 13.2. The summed E-state index contributed by atoms with van der Waals surface area (Å²) in [6, 6.07) is 0.368. The van der Waals surface area contributed by atoms with Crippen LogP contribution in [0.4, 0.5) is 0 Å². The van der Waals surface area contributed by atoms with Crippen molar-refractivity contribution in [1.29, 1.82) is 0 Å². The van der Waals surface area contributed by atoms with E-state index in [1.807, 2.05) is 17.1 Å². The molecule has 0 fully saturated rings. The normalized spacial score (nSPS) is 12.8. The molecular weight excluding hydrogens is 244 g/mol. The highest BCUT2D eigenvalue weighted by molar-refractivity contribution is 7.15. The van der Waals surface area contributed by atoms with E-state index < -0.39 is 0 Å². The standard InChI is InChI=1S/C13H20N4S/c1-4-6-17-9-11(7-16-17)13-15-8-12(18-13)10(3)14-5-2/h7-10,14H,4-6H2,1-3H3. The predicted molar refractivity (Wildman–Crippen MR) is 75.7 cm³/mol. The zero-order chi connectivity index (χ0) is 13.0. The van der Waals surface area contributed by atoms with E-state index in [2.05, 4.69) is 42.4 Å². The summed E-state index contributed by atoms with van der Waals surface area (Å²) in [5.41, 5.74) is 1.11. The molecule has 0 aliphatic heterocycles. The molecule has 1 unspecified atom stereocenters. The van der Waals surface area contributed by atoms with Crippen LogP contribution in [0.1, 0.15) is 38.1 Å². The van der Waals surface area contributed by atoms with Crippen LogP contribution in [0.3, 0.4) is 0 Å². The Bertz CT molecular complexity index is 489. The van der Waals surface area contributed by atoms with E-state index in [-0.39, 0.29) is 0 Å². The lowest BCUT2D eigenvalue weighted by molar-refractivity contribution is 0.603. The molecule has 0 aliphatic rings. The first-order valence-corrected chi connectivity index (χ1v) is 7.28. The van der Waals surface area contributed by atoms with Gasteiger partial charge in [0.25, 0.3) is 0 Å². The minimum absolute atomic E-state index is 0.368. The molecule has 98 valence electrons. The smallest absolute Gasteiger partial charge is 0.126 e. The van der Waals surface area contributed by atoms with Gasteiger partial charge < -0.3 is 5.32 Å². The van der Waals surface area contributed by atoms with Gasteiger partial charge in [-0.2, -0.15) is 5.10 Å². The molecule has 5 heteroatoms. The first-order chi connectivity index (χ1) is 8.74. The molecule has 0 bridgehead atoms. The van der Waals surface area contributed by atoms with Crippen LogP contribution in [0.15, 0.2) is 18.6 Å². The molecule has 0 saturated heterocycles. The summed E-state index contributed by atoms with van der Waals surface area (Å²) in [5.74, 6) is 0. The van der Waals surface area contributed by atoms with Gasteiger partial charge in [-0.1, -0.05) is 13.8 Å². The highest BCUT2D eigenvalue weighted by Crippen LogP contribution is 2.28. The van der Waals surface area contributed by atoms with Gasteiger partial charge in [0.05, 0.1) is 6.20 Å². The maximum absolute atomic E-state index is 4.49. The van der Waals surface area contributed by atoms with Gasteiger partial charge in [-0.25, -0.2) is 4.98 Å². The van der Waals surface area contributed by atoms with Crippen molar-refractivity contribution in [2.24, 2.45) is 0 Å². The zero-order valence-electron chi connectivity index (χ0n) is 11.2. The lowest BCUT2D eigenvalue weighted by Gasteiger charge is -2.07. The Labute approximate surface area is 112 Å². The monoisotopic (exact) mass is 264 g/mol. The first-order valence-electron chi connectivity index (χ1n) is 6.46. The van der Waals surface area contributed by atoms with E-state index in [1.165, 1.54) is 4.88 Å². The molecule has 0 aliphatic carbocycles. The Hall–Kier alpha value is -1.20. The number of aryl methyl sites for hydroxylation is 1. The number of hydrogen-bond acceptors (Lipinski definition) is 4. The molecule has 2 heterocycles. The lowest BCUT2D eigenvalue weighted by atomic mass is 10.3. The Kier molecular flexibility index (Phi) is 4.49. The molecule has 4 nitrogen and oxygen atoms in total. The van der Waals surface area contributed by atoms with Crippen LogP contribution in [0.2, 0.25) is 0 Å². The fourth-order valence-electron chi connectivity index (χ4n) is 1.85. The van der Waals surface area contributed by atoms with E-state index in [0.29, 0.717) is 6.04 Å². The highest BCUT2D eigenvalue weighted by atomic mass is 32.1. The lowest BCUT2D eigenvalue weighted by Crippen LogP contribution is -2.16. The fraction of sp³-hybridized carbons (Fsp3) is 0.538. The van der Waals surface area contributed by atoms with Gasteiger partial charge in [-0.15, -0.1) is 11.3 Å². The summed E-state index contributed by atoms with van der Waals surface area (Å²) in [6.07, 6.45) is 7.03. The SMILES string of the molecule is CCCn1cc(-c2ncc(C(C)NCC)s2)cn1. The van der Waals surface area contributed by atoms with Crippen molar-refractivity contribution in [3.8, 4) is 10.6 Å². The molecule has 0 saturated carbocycles. The number of aromatic nitrogens is 3. The van der Waals surface area contributed by atoms with Gasteiger partial charge in [-0.3, -0.25) is 4.68 Å². The van der Waals surface area contributed by atoms with E-state index in [9.17, 15) is 0 Å². The number of rotatable bonds is 6. The van der Waals surface area contributed by atoms with Crippen LogP contribution >= 0.6 is 11.3 Å². The Morgan fingerprint density at radius 3 is 2.94 bits per heavy atom.